The lowest BCUT2D eigenvalue weighted by molar-refractivity contribution is -0.149. The number of benzene rings is 1. The first-order valence-corrected chi connectivity index (χ1v) is 13.0. The highest BCUT2D eigenvalue weighted by molar-refractivity contribution is 7.52. The third-order valence-corrected chi connectivity index (χ3v) is 7.07. The van der Waals surface area contributed by atoms with Gasteiger partial charge in [0.15, 0.2) is 23.5 Å². The zero-order chi connectivity index (χ0) is 28.3. The van der Waals surface area contributed by atoms with E-state index in [2.05, 4.69) is 10.1 Å². The fourth-order valence-electron chi connectivity index (χ4n) is 3.54. The number of anilines is 1. The summed E-state index contributed by atoms with van der Waals surface area (Å²) in [6, 6.07) is 6.59. The number of ether oxygens (including phenoxy) is 2. The number of nitrogens with two attached hydrogens (primary N) is 1. The molecule has 6 atom stereocenters. The van der Waals surface area contributed by atoms with Crippen LogP contribution in [0.1, 0.15) is 27.0 Å². The Labute approximate surface area is 216 Å². The molecule has 0 saturated carbocycles. The Kier molecular flexibility index (Phi) is 9.23. The lowest BCUT2D eigenvalue weighted by atomic mass is 9.95. The predicted molar refractivity (Wildman–Crippen MR) is 128 cm³/mol. The van der Waals surface area contributed by atoms with Gasteiger partial charge in [0.2, 0.25) is 0 Å². The van der Waals surface area contributed by atoms with Crippen LogP contribution in [0.2, 0.25) is 0 Å². The summed E-state index contributed by atoms with van der Waals surface area (Å²) in [4.78, 5) is 27.7. The molecule has 2 heterocycles. The zero-order valence-electron chi connectivity index (χ0n) is 20.7. The molecule has 1 aromatic heterocycles. The number of nitrogen functional groups attached to an aromatic ring is 1. The van der Waals surface area contributed by atoms with Crippen LogP contribution in [0.4, 0.5) is 14.6 Å². The van der Waals surface area contributed by atoms with E-state index >= 15 is 0 Å². The van der Waals surface area contributed by atoms with Crippen LogP contribution in [0.5, 0.6) is 5.75 Å². The molecule has 1 aliphatic heterocycles. The second-order valence-corrected chi connectivity index (χ2v) is 10.5. The SMILES string of the molecule is CC(C)OC(=O)[C@H](C)N[P@@](=O)(OC[C@H]1O[C@@H](n2cc(F)c(N)nc2=O)[C@@](O)(CF)C1O)Oc1ccccc1. The number of nitrogens with zero attached hydrogens (tertiary/aromatic N) is 2. The highest BCUT2D eigenvalue weighted by Crippen LogP contribution is 2.47. The monoisotopic (exact) mass is 562 g/mol. The van der Waals surface area contributed by atoms with Gasteiger partial charge in [0.05, 0.1) is 18.9 Å². The van der Waals surface area contributed by atoms with Gasteiger partial charge >= 0.3 is 19.4 Å². The van der Waals surface area contributed by atoms with Crippen LogP contribution in [0.3, 0.4) is 0 Å². The first-order valence-electron chi connectivity index (χ1n) is 11.4. The Balaban J connectivity index is 1.84. The van der Waals surface area contributed by atoms with Crippen molar-refractivity contribution in [2.24, 2.45) is 0 Å². The number of alkyl halides is 1. The third kappa shape index (κ3) is 6.54. The van der Waals surface area contributed by atoms with Crippen molar-refractivity contribution in [2.75, 3.05) is 19.0 Å². The van der Waals surface area contributed by atoms with Crippen molar-refractivity contribution >= 4 is 19.5 Å². The molecule has 16 heteroatoms. The van der Waals surface area contributed by atoms with Gasteiger partial charge in [0, 0.05) is 0 Å². The molecule has 0 aliphatic carbocycles. The number of carbonyl (C=O) groups is 1. The van der Waals surface area contributed by atoms with Crippen LogP contribution >= 0.6 is 7.75 Å². The standard InChI is InChI=1S/C22H29F2N4O9P/c1-12(2)35-19(30)13(3)27-38(33,37-14-7-5-4-6-8-14)34-10-16-17(29)22(32,11-23)20(36-16)28-9-15(24)18(25)26-21(28)31/h4-9,12-13,16-17,20,29,32H,10-11H2,1-3H3,(H,27,33)(H2,25,26,31)/t13-,16+,17?,20+,22+,38+/m0/s1. The molecule has 1 fully saturated rings. The number of nitrogens with one attached hydrogen (secondary N) is 1. The van der Waals surface area contributed by atoms with Gasteiger partial charge in [-0.25, -0.2) is 18.1 Å². The van der Waals surface area contributed by atoms with Crippen LogP contribution in [0.25, 0.3) is 0 Å². The number of para-hydroxylation sites is 1. The van der Waals surface area contributed by atoms with Crippen molar-refractivity contribution in [1.29, 1.82) is 0 Å². The predicted octanol–water partition coefficient (Wildman–Crippen LogP) is 1.06. The van der Waals surface area contributed by atoms with Crippen molar-refractivity contribution in [3.8, 4) is 5.75 Å². The van der Waals surface area contributed by atoms with E-state index < -0.39 is 80.5 Å². The molecule has 210 valence electrons. The highest BCUT2D eigenvalue weighted by Gasteiger charge is 2.57. The van der Waals surface area contributed by atoms with Crippen LogP contribution < -0.4 is 21.0 Å². The van der Waals surface area contributed by atoms with Gasteiger partial charge in [0.1, 0.15) is 30.7 Å². The van der Waals surface area contributed by atoms with Crippen LogP contribution in [0.15, 0.2) is 41.3 Å². The number of carbonyl (C=O) groups excluding carboxylic acids is 1. The largest absolute Gasteiger partial charge is 0.462 e. The van der Waals surface area contributed by atoms with Gasteiger partial charge < -0.3 is 29.9 Å². The number of aliphatic hydroxyl groups is 2. The number of aliphatic hydroxyl groups excluding tert-OH is 1. The number of hydrogen-bond acceptors (Lipinski definition) is 11. The van der Waals surface area contributed by atoms with E-state index in [1.807, 2.05) is 0 Å². The average Bonchev–Trinajstić information content (AvgIpc) is 3.10. The molecular formula is C22H29F2N4O9P. The van der Waals surface area contributed by atoms with E-state index in [1.54, 1.807) is 32.0 Å². The Hall–Kier alpha value is -2.94. The quantitative estimate of drug-likeness (QED) is 0.226. The molecule has 1 saturated heterocycles. The summed E-state index contributed by atoms with van der Waals surface area (Å²) in [6.07, 6.45) is -5.51. The topological polar surface area (TPSA) is 184 Å². The van der Waals surface area contributed by atoms with Gasteiger partial charge in [0.25, 0.3) is 0 Å². The van der Waals surface area contributed by atoms with Gasteiger partial charge in [-0.3, -0.25) is 13.9 Å². The zero-order valence-corrected chi connectivity index (χ0v) is 21.6. The Morgan fingerprint density at radius 2 is 2.00 bits per heavy atom. The maximum absolute atomic E-state index is 14.0. The normalized spacial score (nSPS) is 25.6. The minimum atomic E-state index is -4.41. The van der Waals surface area contributed by atoms with Crippen LogP contribution in [-0.2, 0) is 23.4 Å². The number of esters is 1. The van der Waals surface area contributed by atoms with Crippen LogP contribution in [0, 0.1) is 5.82 Å². The molecule has 1 unspecified atom stereocenters. The summed E-state index contributed by atoms with van der Waals surface area (Å²) in [5, 5.41) is 23.8. The van der Waals surface area contributed by atoms with Crippen LogP contribution in [-0.4, -0.2) is 69.0 Å². The van der Waals surface area contributed by atoms with Gasteiger partial charge in [-0.1, -0.05) is 18.2 Å². The number of rotatable bonds is 11. The maximum atomic E-state index is 14.0. The van der Waals surface area contributed by atoms with E-state index in [0.717, 1.165) is 0 Å². The molecule has 13 nitrogen and oxygen atoms in total. The lowest BCUT2D eigenvalue weighted by Crippen LogP contribution is -2.50. The average molecular weight is 562 g/mol. The van der Waals surface area contributed by atoms with Gasteiger partial charge in [-0.05, 0) is 32.9 Å². The first kappa shape index (κ1) is 29.6. The Morgan fingerprint density at radius 3 is 2.61 bits per heavy atom. The molecule has 2 aromatic rings. The summed E-state index contributed by atoms with van der Waals surface area (Å²) in [5.41, 5.74) is 1.33. The summed E-state index contributed by atoms with van der Waals surface area (Å²) in [5.74, 6) is -2.56. The fourth-order valence-corrected chi connectivity index (χ4v) is 5.04. The van der Waals surface area contributed by atoms with Crippen molar-refractivity contribution < 1.29 is 46.9 Å². The summed E-state index contributed by atoms with van der Waals surface area (Å²) in [7, 11) is -4.41. The van der Waals surface area contributed by atoms with Crippen molar-refractivity contribution in [3.05, 3.63) is 52.8 Å². The minimum Gasteiger partial charge on any atom is -0.462 e. The molecule has 1 aromatic carbocycles. The molecule has 3 rings (SSSR count). The van der Waals surface area contributed by atoms with E-state index in [9.17, 15) is 33.1 Å². The molecule has 5 N–H and O–H groups in total. The Morgan fingerprint density at radius 1 is 1.34 bits per heavy atom. The molecule has 38 heavy (non-hydrogen) atoms. The van der Waals surface area contributed by atoms with Crippen molar-refractivity contribution in [1.82, 2.24) is 14.6 Å². The summed E-state index contributed by atoms with van der Waals surface area (Å²) in [6.45, 7) is 2.18. The molecule has 0 radical (unpaired) electrons. The second kappa shape index (κ2) is 11.8. The van der Waals surface area contributed by atoms with Gasteiger partial charge in [-0.2, -0.15) is 10.1 Å². The maximum Gasteiger partial charge on any atom is 0.459 e. The van der Waals surface area contributed by atoms with E-state index in [1.165, 1.54) is 19.1 Å². The molecule has 0 amide bonds. The summed E-state index contributed by atoms with van der Waals surface area (Å²) < 4.78 is 63.4. The minimum absolute atomic E-state index is 0.0914. The fraction of sp³-hybridized carbons (Fsp3) is 0.500. The first-order chi connectivity index (χ1) is 17.8. The second-order valence-electron chi connectivity index (χ2n) is 8.79. The molecule has 1 aliphatic rings. The molecule has 0 spiro atoms. The van der Waals surface area contributed by atoms with E-state index in [4.69, 9.17) is 24.3 Å². The summed E-state index contributed by atoms with van der Waals surface area (Å²) >= 11 is 0. The van der Waals surface area contributed by atoms with E-state index in [0.29, 0.717) is 10.8 Å². The lowest BCUT2D eigenvalue weighted by Gasteiger charge is -2.28. The highest BCUT2D eigenvalue weighted by atomic mass is 31.2. The number of hydrogen-bond donors (Lipinski definition) is 4. The third-order valence-electron chi connectivity index (χ3n) is 5.43. The number of aromatic nitrogens is 2. The van der Waals surface area contributed by atoms with Crippen molar-refractivity contribution in [2.45, 2.75) is 57.0 Å². The molecular weight excluding hydrogens is 533 g/mol. The smallest absolute Gasteiger partial charge is 0.459 e. The number of halogens is 2. The Bertz CT molecular complexity index is 1240. The van der Waals surface area contributed by atoms with Crippen molar-refractivity contribution in [3.63, 3.8) is 0 Å². The molecule has 0 bridgehead atoms. The van der Waals surface area contributed by atoms with E-state index in [-0.39, 0.29) is 5.75 Å². The van der Waals surface area contributed by atoms with Gasteiger partial charge in [-0.15, -0.1) is 0 Å².